The van der Waals surface area contributed by atoms with Crippen molar-refractivity contribution in [3.63, 3.8) is 0 Å². The van der Waals surface area contributed by atoms with Gasteiger partial charge in [-0.05, 0) is 36.0 Å². The fourth-order valence-electron chi connectivity index (χ4n) is 1.37. The van der Waals surface area contributed by atoms with E-state index in [0.717, 1.165) is 16.4 Å². The van der Waals surface area contributed by atoms with E-state index in [1.54, 1.807) is 0 Å². The Hall–Kier alpha value is -1.92. The molecule has 0 atom stereocenters. The predicted molar refractivity (Wildman–Crippen MR) is 70.3 cm³/mol. The van der Waals surface area contributed by atoms with E-state index in [4.69, 9.17) is 11.3 Å². The van der Waals surface area contributed by atoms with Gasteiger partial charge >= 0.3 is 0 Å². The molecule has 0 radical (unpaired) electrons. The summed E-state index contributed by atoms with van der Waals surface area (Å²) >= 11 is 1.49. The Kier molecular flexibility index (Phi) is 4.06. The summed E-state index contributed by atoms with van der Waals surface area (Å²) in [7, 11) is 0. The first kappa shape index (κ1) is 11.6. The zero-order valence-corrected chi connectivity index (χ0v) is 9.98. The van der Waals surface area contributed by atoms with Crippen LogP contribution >= 0.6 is 11.8 Å². The average molecular weight is 241 g/mol. The molecule has 0 saturated heterocycles. The molecule has 0 heterocycles. The van der Waals surface area contributed by atoms with Gasteiger partial charge in [-0.2, -0.15) is 0 Å². The quantitative estimate of drug-likeness (QED) is 0.579. The number of hydrogen-bond donors (Lipinski definition) is 0. The number of thioether (sulfide) groups is 1. The van der Waals surface area contributed by atoms with E-state index in [0.29, 0.717) is 5.88 Å². The summed E-state index contributed by atoms with van der Waals surface area (Å²) in [5.41, 5.74) is 0. The molecule has 0 N–H and O–H groups in total. The molecule has 0 saturated carbocycles. The molecule has 3 heteroatoms. The molecular formula is C14H11NOS. The van der Waals surface area contributed by atoms with Gasteiger partial charge in [0.1, 0.15) is 11.5 Å². The molecule has 0 aliphatic heterocycles. The molecule has 2 nitrogen and oxygen atoms in total. The molecular weight excluding hydrogens is 230 g/mol. The maximum Gasteiger partial charge on any atom is 0.264 e. The second kappa shape index (κ2) is 5.97. The number of hydrogen-bond acceptors (Lipinski definition) is 2. The highest BCUT2D eigenvalue weighted by atomic mass is 32.2. The van der Waals surface area contributed by atoms with Gasteiger partial charge in [0.2, 0.25) is 0 Å². The Morgan fingerprint density at radius 2 is 1.71 bits per heavy atom. The highest BCUT2D eigenvalue weighted by Gasteiger charge is 2.05. The number of rotatable bonds is 4. The molecule has 0 aliphatic rings. The Labute approximate surface area is 105 Å². The van der Waals surface area contributed by atoms with E-state index in [1.165, 1.54) is 11.8 Å². The van der Waals surface area contributed by atoms with Crippen molar-refractivity contribution in [2.75, 3.05) is 5.88 Å². The lowest BCUT2D eigenvalue weighted by Gasteiger charge is -2.08. The number of ether oxygens (including phenoxy) is 1. The Morgan fingerprint density at radius 1 is 1.00 bits per heavy atom. The first-order chi connectivity index (χ1) is 8.40. The summed E-state index contributed by atoms with van der Waals surface area (Å²) in [5.74, 6) is 2.02. The normalized spacial score (nSPS) is 9.59. The highest BCUT2D eigenvalue weighted by Crippen LogP contribution is 2.32. The maximum absolute atomic E-state index is 6.81. The second-order valence-electron chi connectivity index (χ2n) is 3.29. The standard InChI is InChI=1S/C14H11NOS/c1-15-11-17-14-10-6-5-9-13(14)16-12-7-3-2-4-8-12/h2-10H,11H2. The molecule has 84 valence electrons. The zero-order chi connectivity index (χ0) is 11.9. The van der Waals surface area contributed by atoms with E-state index in [1.807, 2.05) is 54.6 Å². The molecule has 0 aromatic heterocycles. The summed E-state index contributed by atoms with van der Waals surface area (Å²) in [5, 5.41) is 0. The molecule has 0 amide bonds. The van der Waals surface area contributed by atoms with E-state index >= 15 is 0 Å². The third-order valence-electron chi connectivity index (χ3n) is 2.10. The van der Waals surface area contributed by atoms with Gasteiger partial charge in [0, 0.05) is 0 Å². The van der Waals surface area contributed by atoms with Crippen molar-refractivity contribution >= 4 is 11.8 Å². The van der Waals surface area contributed by atoms with Crippen molar-refractivity contribution in [3.8, 4) is 11.5 Å². The topological polar surface area (TPSA) is 13.6 Å². The third-order valence-corrected chi connectivity index (χ3v) is 3.01. The zero-order valence-electron chi connectivity index (χ0n) is 9.17. The van der Waals surface area contributed by atoms with Crippen molar-refractivity contribution in [1.82, 2.24) is 0 Å². The smallest absolute Gasteiger partial charge is 0.264 e. The number of para-hydroxylation sites is 2. The van der Waals surface area contributed by atoms with Crippen molar-refractivity contribution in [2.24, 2.45) is 0 Å². The van der Waals surface area contributed by atoms with Crippen LogP contribution in [0.5, 0.6) is 11.5 Å². The maximum atomic E-state index is 6.81. The first-order valence-electron chi connectivity index (χ1n) is 5.18. The van der Waals surface area contributed by atoms with Gasteiger partial charge in [-0.15, -0.1) is 0 Å². The van der Waals surface area contributed by atoms with E-state index in [9.17, 15) is 0 Å². The largest absolute Gasteiger partial charge is 0.456 e. The molecule has 17 heavy (non-hydrogen) atoms. The fraction of sp³-hybridized carbons (Fsp3) is 0.0714. The van der Waals surface area contributed by atoms with Crippen LogP contribution in [0.2, 0.25) is 0 Å². The lowest BCUT2D eigenvalue weighted by molar-refractivity contribution is 0.471. The van der Waals surface area contributed by atoms with Crippen LogP contribution in [0.25, 0.3) is 4.85 Å². The monoisotopic (exact) mass is 241 g/mol. The number of benzene rings is 2. The predicted octanol–water partition coefficient (Wildman–Crippen LogP) is 4.45. The summed E-state index contributed by atoms with van der Waals surface area (Å²) in [6, 6.07) is 17.4. The van der Waals surface area contributed by atoms with Gasteiger partial charge in [0.25, 0.3) is 5.88 Å². The molecule has 0 fully saturated rings. The Bertz CT molecular complexity index is 519. The van der Waals surface area contributed by atoms with Gasteiger partial charge in [0.15, 0.2) is 0 Å². The lowest BCUT2D eigenvalue weighted by atomic mass is 10.3. The van der Waals surface area contributed by atoms with E-state index in [2.05, 4.69) is 4.85 Å². The SMILES string of the molecule is [C-]#[N+]CSc1ccccc1Oc1ccccc1. The molecule has 0 aliphatic carbocycles. The summed E-state index contributed by atoms with van der Waals surface area (Å²) in [4.78, 5) is 4.33. The summed E-state index contributed by atoms with van der Waals surface area (Å²) in [6.45, 7) is 6.81. The molecule has 2 rings (SSSR count). The second-order valence-corrected chi connectivity index (χ2v) is 4.28. The fourth-order valence-corrected chi connectivity index (χ4v) is 2.00. The van der Waals surface area contributed by atoms with Gasteiger partial charge in [-0.25, -0.2) is 6.57 Å². The molecule has 0 unspecified atom stereocenters. The van der Waals surface area contributed by atoms with E-state index in [-0.39, 0.29) is 0 Å². The van der Waals surface area contributed by atoms with Crippen LogP contribution < -0.4 is 4.74 Å². The molecule has 0 spiro atoms. The summed E-state index contributed by atoms with van der Waals surface area (Å²) in [6.07, 6.45) is 0. The molecule has 2 aromatic carbocycles. The van der Waals surface area contributed by atoms with Gasteiger partial charge < -0.3 is 9.58 Å². The number of nitrogens with zero attached hydrogens (tertiary/aromatic N) is 1. The van der Waals surface area contributed by atoms with Crippen LogP contribution in [-0.4, -0.2) is 5.88 Å². The average Bonchev–Trinajstić information content (AvgIpc) is 2.39. The van der Waals surface area contributed by atoms with Crippen LogP contribution in [0.3, 0.4) is 0 Å². The van der Waals surface area contributed by atoms with E-state index < -0.39 is 0 Å². The van der Waals surface area contributed by atoms with Crippen molar-refractivity contribution in [3.05, 3.63) is 66.0 Å². The highest BCUT2D eigenvalue weighted by molar-refractivity contribution is 7.99. The first-order valence-corrected chi connectivity index (χ1v) is 6.16. The van der Waals surface area contributed by atoms with Crippen LogP contribution in [0, 0.1) is 6.57 Å². The van der Waals surface area contributed by atoms with Crippen molar-refractivity contribution < 1.29 is 4.74 Å². The van der Waals surface area contributed by atoms with Crippen LogP contribution in [0.4, 0.5) is 0 Å². The van der Waals surface area contributed by atoms with Gasteiger partial charge in [0.05, 0.1) is 4.90 Å². The Morgan fingerprint density at radius 3 is 2.47 bits per heavy atom. The van der Waals surface area contributed by atoms with Crippen LogP contribution in [0.1, 0.15) is 0 Å². The van der Waals surface area contributed by atoms with Crippen LogP contribution in [0.15, 0.2) is 59.5 Å². The third kappa shape index (κ3) is 3.27. The van der Waals surface area contributed by atoms with Crippen molar-refractivity contribution in [1.29, 1.82) is 0 Å². The minimum atomic E-state index is 0.412. The lowest BCUT2D eigenvalue weighted by Crippen LogP contribution is -1.86. The van der Waals surface area contributed by atoms with Crippen molar-refractivity contribution in [2.45, 2.75) is 4.90 Å². The minimum Gasteiger partial charge on any atom is -0.456 e. The molecule has 0 bridgehead atoms. The van der Waals surface area contributed by atoms with Gasteiger partial charge in [-0.3, -0.25) is 0 Å². The van der Waals surface area contributed by atoms with Crippen LogP contribution in [-0.2, 0) is 0 Å². The molecule has 2 aromatic rings. The van der Waals surface area contributed by atoms with Gasteiger partial charge in [-0.1, -0.05) is 30.3 Å². The Balaban J connectivity index is 2.18. The minimum absolute atomic E-state index is 0.412. The summed E-state index contributed by atoms with van der Waals surface area (Å²) < 4.78 is 5.78.